The number of hydrogen-bond donors (Lipinski definition) is 0. The van der Waals surface area contributed by atoms with Gasteiger partial charge in [0.2, 0.25) is 0 Å². The van der Waals surface area contributed by atoms with E-state index in [2.05, 4.69) is 26.2 Å². The number of fused-ring (bicyclic) bond motifs is 2. The van der Waals surface area contributed by atoms with Gasteiger partial charge in [-0.25, -0.2) is 35.2 Å². The van der Waals surface area contributed by atoms with E-state index in [0.717, 1.165) is 30.9 Å². The molecule has 13 nitrogen and oxygen atoms in total. The molecule has 0 aromatic carbocycles. The first kappa shape index (κ1) is 36.9. The first-order valence-electron chi connectivity index (χ1n) is 15.1. The predicted octanol–water partition coefficient (Wildman–Crippen LogP) is 2.24. The summed E-state index contributed by atoms with van der Waals surface area (Å²) in [5.74, 6) is 1.20. The predicted molar refractivity (Wildman–Crippen MR) is 182 cm³/mol. The molecule has 2 aliphatic rings. The summed E-state index contributed by atoms with van der Waals surface area (Å²) in [6.45, 7) is 0. The fraction of sp³-hybridized carbons (Fsp3) is 0.212. The summed E-state index contributed by atoms with van der Waals surface area (Å²) in [7, 11) is -2.21. The maximum Gasteiger partial charge on any atom is 1.00 e. The molecule has 0 unspecified atom stereocenters. The third-order valence-electron chi connectivity index (χ3n) is 7.71. The molecule has 2 aliphatic carbocycles. The number of pyridine rings is 4. The summed E-state index contributed by atoms with van der Waals surface area (Å²) in [6.07, 6.45) is 14.8. The van der Waals surface area contributed by atoms with Crippen molar-refractivity contribution in [3.05, 3.63) is 115 Å². The summed E-state index contributed by atoms with van der Waals surface area (Å²) < 4.78 is 52.6. The largest absolute Gasteiger partial charge is 1.00 e. The zero-order valence-electron chi connectivity index (χ0n) is 27.8. The molecule has 0 atom stereocenters. The van der Waals surface area contributed by atoms with Gasteiger partial charge in [-0.05, 0) is 98.7 Å². The van der Waals surface area contributed by atoms with Crippen molar-refractivity contribution >= 4 is 46.6 Å². The van der Waals surface area contributed by atoms with Crippen LogP contribution in [0.5, 0.6) is 0 Å². The summed E-state index contributed by atoms with van der Waals surface area (Å²) in [5.41, 5.74) is 3.57. The number of halogens is 1. The number of nitriles is 2. The van der Waals surface area contributed by atoms with Crippen LogP contribution in [0.1, 0.15) is 43.9 Å². The van der Waals surface area contributed by atoms with Crippen LogP contribution < -0.4 is 33.9 Å². The van der Waals surface area contributed by atoms with Crippen molar-refractivity contribution in [1.29, 1.82) is 10.5 Å². The zero-order chi connectivity index (χ0) is 34.6. The number of sulfonamides is 1. The van der Waals surface area contributed by atoms with Crippen LogP contribution in [0, 0.1) is 28.6 Å². The van der Waals surface area contributed by atoms with E-state index in [9.17, 15) is 16.8 Å². The van der Waals surface area contributed by atoms with Crippen LogP contribution in [0.2, 0.25) is 0 Å². The summed E-state index contributed by atoms with van der Waals surface area (Å²) in [4.78, 5) is 8.66. The van der Waals surface area contributed by atoms with Crippen molar-refractivity contribution in [3.8, 4) is 12.1 Å². The topological polar surface area (TPSA) is 179 Å². The second-order valence-corrected chi connectivity index (χ2v) is 15.8. The van der Waals surface area contributed by atoms with E-state index in [1.54, 1.807) is 70.3 Å². The monoisotopic (exact) mass is 737 g/mol. The normalized spacial score (nSPS) is 13.8. The fourth-order valence-electron chi connectivity index (χ4n) is 4.86. The SMILES string of the molecule is N#Cc1ccc(CC2CC2)nc1.N#Cc1ccc(N(C2CC2)S(=O)(=O)c2ccn3nccc3c2)nc1.O=S(=O)(Cl)c1ccn2nccc2c1.[H-].[Na+]. The third-order valence-corrected chi connectivity index (χ3v) is 10.9. The minimum Gasteiger partial charge on any atom is -1.00 e. The Balaban J connectivity index is 0.000000184. The minimum atomic E-state index is -3.73. The van der Waals surface area contributed by atoms with Crippen molar-refractivity contribution in [3.63, 3.8) is 0 Å². The first-order chi connectivity index (χ1) is 23.5. The molecule has 0 aliphatic heterocycles. The van der Waals surface area contributed by atoms with Gasteiger partial charge < -0.3 is 1.43 Å². The molecule has 8 rings (SSSR count). The van der Waals surface area contributed by atoms with Crippen LogP contribution in [0.25, 0.3) is 11.0 Å². The Bertz CT molecular complexity index is 2420. The zero-order valence-corrected chi connectivity index (χ0v) is 31.2. The van der Waals surface area contributed by atoms with Gasteiger partial charge in [-0.1, -0.05) is 0 Å². The van der Waals surface area contributed by atoms with Crippen molar-refractivity contribution in [2.45, 2.75) is 47.9 Å². The van der Waals surface area contributed by atoms with E-state index >= 15 is 0 Å². The molecule has 250 valence electrons. The van der Waals surface area contributed by atoms with Gasteiger partial charge in [0.15, 0.2) is 0 Å². The van der Waals surface area contributed by atoms with Gasteiger partial charge in [-0.3, -0.25) is 4.98 Å². The molecule has 0 radical (unpaired) electrons. The maximum absolute atomic E-state index is 13.1. The van der Waals surface area contributed by atoms with E-state index in [-0.39, 0.29) is 46.8 Å². The number of hydrogen-bond acceptors (Lipinski definition) is 10. The van der Waals surface area contributed by atoms with E-state index in [1.165, 1.54) is 41.5 Å². The number of aromatic nitrogens is 6. The average molecular weight is 738 g/mol. The molecule has 0 amide bonds. The van der Waals surface area contributed by atoms with Gasteiger partial charge in [0.05, 0.1) is 32.0 Å². The Hall–Kier alpha value is -4.35. The molecule has 2 fully saturated rings. The quantitative estimate of drug-likeness (QED) is 0.174. The van der Waals surface area contributed by atoms with Gasteiger partial charge in [-0.2, -0.15) is 20.7 Å². The molecule has 6 aromatic heterocycles. The van der Waals surface area contributed by atoms with E-state index in [4.69, 9.17) is 21.2 Å². The molecular formula is C33H29ClN9NaO4S2. The van der Waals surface area contributed by atoms with Crippen molar-refractivity contribution < 1.29 is 47.8 Å². The van der Waals surface area contributed by atoms with Gasteiger partial charge in [0.25, 0.3) is 19.1 Å². The fourth-order valence-corrected chi connectivity index (χ4v) is 7.32. The molecule has 17 heteroatoms. The van der Waals surface area contributed by atoms with Gasteiger partial charge in [-0.15, -0.1) is 0 Å². The van der Waals surface area contributed by atoms with Crippen LogP contribution in [-0.4, -0.2) is 52.1 Å². The molecule has 0 spiro atoms. The van der Waals surface area contributed by atoms with Crippen molar-refractivity contribution in [1.82, 2.24) is 29.2 Å². The van der Waals surface area contributed by atoms with E-state index in [1.807, 2.05) is 18.2 Å². The number of rotatable bonds is 7. The second kappa shape index (κ2) is 15.7. The smallest absolute Gasteiger partial charge is 1.00 e. The van der Waals surface area contributed by atoms with Gasteiger partial charge in [0, 0.05) is 59.6 Å². The molecule has 0 N–H and O–H groups in total. The Morgan fingerprint density at radius 3 is 1.82 bits per heavy atom. The Kier molecular flexibility index (Phi) is 11.6. The van der Waals surface area contributed by atoms with Crippen molar-refractivity contribution in [2.75, 3.05) is 4.31 Å². The minimum absolute atomic E-state index is 0. The summed E-state index contributed by atoms with van der Waals surface area (Å²) in [5, 5.41) is 25.4. The number of anilines is 1. The Morgan fingerprint density at radius 2 is 1.34 bits per heavy atom. The third kappa shape index (κ3) is 9.05. The van der Waals surface area contributed by atoms with Crippen molar-refractivity contribution in [2.24, 2.45) is 5.92 Å². The molecule has 0 bridgehead atoms. The van der Waals surface area contributed by atoms with Crippen LogP contribution >= 0.6 is 10.7 Å². The summed E-state index contributed by atoms with van der Waals surface area (Å²) >= 11 is 0. The first-order valence-corrected chi connectivity index (χ1v) is 18.9. The molecule has 50 heavy (non-hydrogen) atoms. The van der Waals surface area contributed by atoms with Crippen LogP contribution in [0.3, 0.4) is 0 Å². The summed E-state index contributed by atoms with van der Waals surface area (Å²) in [6, 6.07) is 20.4. The average Bonchev–Trinajstić information content (AvgIpc) is 4.01. The molecular weight excluding hydrogens is 709 g/mol. The van der Waals surface area contributed by atoms with E-state index in [0.29, 0.717) is 28.0 Å². The standard InChI is InChI=1S/C16H13N5O2S.C10H10N2.C7H5ClN2O2S.Na.H/c17-10-12-1-4-16(18-11-12)21(13-2-3-13)24(22,23)15-6-8-20-14(9-15)5-7-19-20;11-6-9-3-4-10(12-7-9)5-8-1-2-8;8-13(11,12)7-2-4-10-6(5-7)1-3-9-10;;/h1,4-9,11,13H,2-3H2;3-4,7-8H,1-2,5H2;1-5H;;/q;;;+1;-1. The molecule has 2 saturated carbocycles. The second-order valence-electron chi connectivity index (χ2n) is 11.4. The Labute approximate surface area is 317 Å². The Morgan fingerprint density at radius 1 is 0.780 bits per heavy atom. The van der Waals surface area contributed by atoms with Gasteiger partial charge in [0.1, 0.15) is 18.0 Å². The molecule has 0 saturated heterocycles. The molecule has 6 aromatic rings. The van der Waals surface area contributed by atoms with Crippen LogP contribution in [0.4, 0.5) is 5.82 Å². The van der Waals surface area contributed by atoms with Crippen LogP contribution in [0.15, 0.2) is 108 Å². The van der Waals surface area contributed by atoms with Gasteiger partial charge >= 0.3 is 29.6 Å². The van der Waals surface area contributed by atoms with E-state index < -0.39 is 19.1 Å². The molecule has 6 heterocycles. The van der Waals surface area contributed by atoms with Crippen LogP contribution in [-0.2, 0) is 25.5 Å². The number of nitrogens with zero attached hydrogens (tertiary/aromatic N) is 9. The maximum atomic E-state index is 13.1.